The van der Waals surface area contributed by atoms with E-state index in [0.717, 1.165) is 6.42 Å². The zero-order chi connectivity index (χ0) is 13.7. The fourth-order valence-corrected chi connectivity index (χ4v) is 4.00. The van der Waals surface area contributed by atoms with E-state index in [1.165, 1.54) is 6.07 Å². The Kier molecular flexibility index (Phi) is 3.24. The van der Waals surface area contributed by atoms with E-state index < -0.39 is 10.0 Å². The third-order valence-electron chi connectivity index (χ3n) is 3.39. The van der Waals surface area contributed by atoms with Crippen molar-refractivity contribution in [1.29, 1.82) is 0 Å². The van der Waals surface area contributed by atoms with E-state index >= 15 is 0 Å². The molecule has 0 bridgehead atoms. The van der Waals surface area contributed by atoms with E-state index in [4.69, 9.17) is 5.73 Å². The van der Waals surface area contributed by atoms with Crippen LogP contribution in [0.3, 0.4) is 0 Å². The van der Waals surface area contributed by atoms with Crippen LogP contribution in [0, 0.1) is 12.3 Å². The Morgan fingerprint density at radius 1 is 1.44 bits per heavy atom. The maximum Gasteiger partial charge on any atom is 0.241 e. The average Bonchev–Trinajstić information content (AvgIpc) is 2.78. The summed E-state index contributed by atoms with van der Waals surface area (Å²) in [5, 5.41) is 0. The summed E-state index contributed by atoms with van der Waals surface area (Å²) in [6, 6.07) is 3.24. The summed E-state index contributed by atoms with van der Waals surface area (Å²) in [6.07, 6.45) is 0.872. The minimum absolute atomic E-state index is 0.0202. The predicted molar refractivity (Wildman–Crippen MR) is 75.8 cm³/mol. The van der Waals surface area contributed by atoms with E-state index in [-0.39, 0.29) is 16.4 Å². The van der Waals surface area contributed by atoms with Crippen molar-refractivity contribution < 1.29 is 8.42 Å². The standard InChI is InChI=1S/C12H17BrN2O2S/c1-7-4-8(13)9(14)5-10(7)18(16,17)15-11-6-12(11,2)3/h4-5,11,15H,6,14H2,1-3H3. The van der Waals surface area contributed by atoms with E-state index in [2.05, 4.69) is 20.7 Å². The van der Waals surface area contributed by atoms with Crippen molar-refractivity contribution in [2.45, 2.75) is 38.1 Å². The van der Waals surface area contributed by atoms with Gasteiger partial charge in [0.25, 0.3) is 0 Å². The number of aryl methyl sites for hydroxylation is 1. The molecule has 0 radical (unpaired) electrons. The lowest BCUT2D eigenvalue weighted by atomic mass is 10.2. The van der Waals surface area contributed by atoms with Gasteiger partial charge in [0, 0.05) is 16.2 Å². The number of sulfonamides is 1. The number of nitrogen functional groups attached to an aromatic ring is 1. The van der Waals surface area contributed by atoms with E-state index in [9.17, 15) is 8.42 Å². The van der Waals surface area contributed by atoms with Crippen molar-refractivity contribution in [3.8, 4) is 0 Å². The molecule has 1 fully saturated rings. The summed E-state index contributed by atoms with van der Waals surface area (Å²) in [5.41, 5.74) is 6.91. The van der Waals surface area contributed by atoms with Gasteiger partial charge in [0.1, 0.15) is 0 Å². The fraction of sp³-hybridized carbons (Fsp3) is 0.500. The lowest BCUT2D eigenvalue weighted by Gasteiger charge is -2.12. The fourth-order valence-electron chi connectivity index (χ4n) is 1.88. The van der Waals surface area contributed by atoms with Gasteiger partial charge in [0.05, 0.1) is 4.90 Å². The quantitative estimate of drug-likeness (QED) is 0.835. The van der Waals surface area contributed by atoms with Crippen LogP contribution in [0.4, 0.5) is 5.69 Å². The van der Waals surface area contributed by atoms with Crippen LogP contribution in [-0.2, 0) is 10.0 Å². The zero-order valence-corrected chi connectivity index (χ0v) is 13.0. The molecular weight excluding hydrogens is 316 g/mol. The average molecular weight is 333 g/mol. The van der Waals surface area contributed by atoms with Crippen LogP contribution in [0.1, 0.15) is 25.8 Å². The lowest BCUT2D eigenvalue weighted by molar-refractivity contribution is 0.554. The first kappa shape index (κ1) is 13.8. The highest BCUT2D eigenvalue weighted by Gasteiger charge is 2.48. The Balaban J connectivity index is 2.33. The van der Waals surface area contributed by atoms with Crippen molar-refractivity contribution in [2.75, 3.05) is 5.73 Å². The molecule has 1 saturated carbocycles. The largest absolute Gasteiger partial charge is 0.398 e. The molecule has 6 heteroatoms. The predicted octanol–water partition coefficient (Wildman–Crippen LogP) is 2.42. The van der Waals surface area contributed by atoms with Gasteiger partial charge in [-0.15, -0.1) is 0 Å². The Hall–Kier alpha value is -0.590. The van der Waals surface area contributed by atoms with Crippen molar-refractivity contribution in [3.05, 3.63) is 22.2 Å². The molecule has 0 spiro atoms. The number of anilines is 1. The molecule has 100 valence electrons. The van der Waals surface area contributed by atoms with E-state index in [1.54, 1.807) is 13.0 Å². The van der Waals surface area contributed by atoms with Gasteiger partial charge in [0.15, 0.2) is 0 Å². The van der Waals surface area contributed by atoms with Crippen LogP contribution in [-0.4, -0.2) is 14.5 Å². The number of nitrogens with two attached hydrogens (primary N) is 1. The molecule has 1 unspecified atom stereocenters. The van der Waals surface area contributed by atoms with Gasteiger partial charge in [0.2, 0.25) is 10.0 Å². The monoisotopic (exact) mass is 332 g/mol. The zero-order valence-electron chi connectivity index (χ0n) is 10.6. The van der Waals surface area contributed by atoms with Crippen LogP contribution >= 0.6 is 15.9 Å². The van der Waals surface area contributed by atoms with Crippen LogP contribution in [0.25, 0.3) is 0 Å². The highest BCUT2D eigenvalue weighted by molar-refractivity contribution is 9.10. The molecule has 0 saturated heterocycles. The van der Waals surface area contributed by atoms with Gasteiger partial charge >= 0.3 is 0 Å². The van der Waals surface area contributed by atoms with Gasteiger partial charge < -0.3 is 5.73 Å². The molecule has 0 aliphatic heterocycles. The molecule has 0 amide bonds. The third-order valence-corrected chi connectivity index (χ3v) is 5.70. The Morgan fingerprint density at radius 3 is 2.50 bits per heavy atom. The molecule has 1 aliphatic rings. The Morgan fingerprint density at radius 2 is 2.00 bits per heavy atom. The van der Waals surface area contributed by atoms with Crippen LogP contribution < -0.4 is 10.5 Å². The van der Waals surface area contributed by atoms with Crippen molar-refractivity contribution in [3.63, 3.8) is 0 Å². The second-order valence-electron chi connectivity index (χ2n) is 5.51. The minimum atomic E-state index is -3.49. The molecule has 1 aromatic carbocycles. The first-order chi connectivity index (χ1) is 8.13. The molecule has 1 aromatic rings. The van der Waals surface area contributed by atoms with Gasteiger partial charge in [-0.2, -0.15) is 0 Å². The molecule has 1 atom stereocenters. The molecule has 0 heterocycles. The summed E-state index contributed by atoms with van der Waals surface area (Å²) in [5.74, 6) is 0. The number of nitrogens with one attached hydrogen (secondary N) is 1. The second kappa shape index (κ2) is 4.21. The normalized spacial score (nSPS) is 21.9. The number of hydrogen-bond acceptors (Lipinski definition) is 3. The number of halogens is 1. The first-order valence-electron chi connectivity index (χ1n) is 5.71. The van der Waals surface area contributed by atoms with Crippen molar-refractivity contribution >= 4 is 31.6 Å². The summed E-state index contributed by atoms with van der Waals surface area (Å²) >= 11 is 3.29. The van der Waals surface area contributed by atoms with Gasteiger partial charge in [-0.3, -0.25) is 0 Å². The molecule has 1 aliphatic carbocycles. The van der Waals surface area contributed by atoms with Crippen LogP contribution in [0.15, 0.2) is 21.5 Å². The number of hydrogen-bond donors (Lipinski definition) is 2. The first-order valence-corrected chi connectivity index (χ1v) is 7.99. The molecule has 3 N–H and O–H groups in total. The lowest BCUT2D eigenvalue weighted by Crippen LogP contribution is -2.29. The Bertz CT molecular complexity index is 596. The van der Waals surface area contributed by atoms with Gasteiger partial charge in [-0.25, -0.2) is 13.1 Å². The van der Waals surface area contributed by atoms with E-state index in [1.807, 2.05) is 13.8 Å². The molecule has 18 heavy (non-hydrogen) atoms. The molecule has 2 rings (SSSR count). The minimum Gasteiger partial charge on any atom is -0.398 e. The van der Waals surface area contributed by atoms with Gasteiger partial charge in [-0.1, -0.05) is 13.8 Å². The van der Waals surface area contributed by atoms with Gasteiger partial charge in [-0.05, 0) is 52.4 Å². The smallest absolute Gasteiger partial charge is 0.241 e. The second-order valence-corrected chi connectivity index (χ2v) is 8.04. The third kappa shape index (κ3) is 2.55. The Labute approximate surface area is 116 Å². The summed E-state index contributed by atoms with van der Waals surface area (Å²) < 4.78 is 28.0. The van der Waals surface area contributed by atoms with Crippen molar-refractivity contribution in [2.24, 2.45) is 5.41 Å². The SMILES string of the molecule is Cc1cc(Br)c(N)cc1S(=O)(=O)NC1CC1(C)C. The maximum atomic E-state index is 12.3. The number of rotatable bonds is 3. The summed E-state index contributed by atoms with van der Waals surface area (Å²) in [4.78, 5) is 0.255. The highest BCUT2D eigenvalue weighted by atomic mass is 79.9. The summed E-state index contributed by atoms with van der Waals surface area (Å²) in [7, 11) is -3.49. The van der Waals surface area contributed by atoms with E-state index in [0.29, 0.717) is 15.7 Å². The topological polar surface area (TPSA) is 72.2 Å². The molecular formula is C12H17BrN2O2S. The van der Waals surface area contributed by atoms with Crippen molar-refractivity contribution in [1.82, 2.24) is 4.72 Å². The maximum absolute atomic E-state index is 12.3. The summed E-state index contributed by atoms with van der Waals surface area (Å²) in [6.45, 7) is 5.85. The molecule has 4 nitrogen and oxygen atoms in total. The molecule has 0 aromatic heterocycles. The van der Waals surface area contributed by atoms with Crippen LogP contribution in [0.5, 0.6) is 0 Å². The number of benzene rings is 1. The van der Waals surface area contributed by atoms with Crippen LogP contribution in [0.2, 0.25) is 0 Å². The highest BCUT2D eigenvalue weighted by Crippen LogP contribution is 2.45.